The summed E-state index contributed by atoms with van der Waals surface area (Å²) in [6, 6.07) is 19.6. The Hall–Kier alpha value is -3.67. The molecule has 30 heavy (non-hydrogen) atoms. The standard InChI is InChI=1S/C24H24N4O2/c1-4-21(18-11-10-17-15-19(30-3)13-12-16(17)14-18)26-27-24-25-22-9-7-6-8-20(22)23(29)28(24)5-2/h6-15H,4-5H2,1-3H3,(H,25,27)/b26-21-. The van der Waals surface area contributed by atoms with E-state index in [0.717, 1.165) is 34.2 Å². The lowest BCUT2D eigenvalue weighted by Gasteiger charge is -2.12. The molecule has 0 aliphatic carbocycles. The number of hydrazone groups is 1. The van der Waals surface area contributed by atoms with E-state index in [-0.39, 0.29) is 5.56 Å². The molecule has 4 aromatic rings. The first kappa shape index (κ1) is 19.6. The summed E-state index contributed by atoms with van der Waals surface area (Å²) in [5.41, 5.74) is 5.53. The molecule has 6 nitrogen and oxygen atoms in total. The Bertz CT molecular complexity index is 1310. The highest BCUT2D eigenvalue weighted by molar-refractivity contribution is 6.03. The van der Waals surface area contributed by atoms with Crippen molar-refractivity contribution < 1.29 is 4.74 Å². The molecule has 0 saturated carbocycles. The summed E-state index contributed by atoms with van der Waals surface area (Å²) in [4.78, 5) is 17.4. The molecule has 6 heteroatoms. The van der Waals surface area contributed by atoms with Crippen LogP contribution in [0.1, 0.15) is 25.8 Å². The molecule has 0 unspecified atom stereocenters. The minimum absolute atomic E-state index is 0.0708. The van der Waals surface area contributed by atoms with Gasteiger partial charge in [0.25, 0.3) is 5.56 Å². The third-order valence-corrected chi connectivity index (χ3v) is 5.18. The van der Waals surface area contributed by atoms with Crippen LogP contribution in [0.2, 0.25) is 0 Å². The number of aromatic nitrogens is 2. The summed E-state index contributed by atoms with van der Waals surface area (Å²) < 4.78 is 6.91. The van der Waals surface area contributed by atoms with Crippen LogP contribution >= 0.6 is 0 Å². The second-order valence-electron chi connectivity index (χ2n) is 6.95. The second kappa shape index (κ2) is 8.37. The number of nitrogens with one attached hydrogen (secondary N) is 1. The van der Waals surface area contributed by atoms with Gasteiger partial charge in [0.1, 0.15) is 5.75 Å². The van der Waals surface area contributed by atoms with Crippen molar-refractivity contribution in [2.24, 2.45) is 5.10 Å². The minimum atomic E-state index is -0.0708. The molecule has 0 bridgehead atoms. The van der Waals surface area contributed by atoms with Crippen LogP contribution in [-0.2, 0) is 6.54 Å². The van der Waals surface area contributed by atoms with E-state index in [0.29, 0.717) is 23.4 Å². The van der Waals surface area contributed by atoms with E-state index in [1.807, 2.05) is 49.4 Å². The lowest BCUT2D eigenvalue weighted by Crippen LogP contribution is -2.23. The quantitative estimate of drug-likeness (QED) is 0.373. The molecule has 1 N–H and O–H groups in total. The maximum absolute atomic E-state index is 12.8. The summed E-state index contributed by atoms with van der Waals surface area (Å²) in [6.07, 6.45) is 0.735. The number of nitrogens with zero attached hydrogens (tertiary/aromatic N) is 3. The number of hydrogen-bond acceptors (Lipinski definition) is 5. The van der Waals surface area contributed by atoms with E-state index >= 15 is 0 Å². The van der Waals surface area contributed by atoms with Crippen LogP contribution in [0.25, 0.3) is 21.7 Å². The van der Waals surface area contributed by atoms with Crippen LogP contribution in [0.15, 0.2) is 70.6 Å². The van der Waals surface area contributed by atoms with Gasteiger partial charge in [-0.05, 0) is 60.0 Å². The van der Waals surface area contributed by atoms with Gasteiger partial charge in [0.15, 0.2) is 0 Å². The Morgan fingerprint density at radius 1 is 1.07 bits per heavy atom. The molecule has 0 fully saturated rings. The molecule has 152 valence electrons. The largest absolute Gasteiger partial charge is 0.497 e. The lowest BCUT2D eigenvalue weighted by molar-refractivity contribution is 0.415. The molecular weight excluding hydrogens is 376 g/mol. The van der Waals surface area contributed by atoms with Gasteiger partial charge in [0.2, 0.25) is 5.95 Å². The molecule has 0 spiro atoms. The molecule has 3 aromatic carbocycles. The molecule has 1 aromatic heterocycles. The summed E-state index contributed by atoms with van der Waals surface area (Å²) in [6.45, 7) is 4.48. The summed E-state index contributed by atoms with van der Waals surface area (Å²) in [5, 5.41) is 7.43. The van der Waals surface area contributed by atoms with Gasteiger partial charge < -0.3 is 4.74 Å². The monoisotopic (exact) mass is 400 g/mol. The first-order valence-corrected chi connectivity index (χ1v) is 10.0. The van der Waals surface area contributed by atoms with Crippen LogP contribution in [0.3, 0.4) is 0 Å². The molecule has 0 saturated heterocycles. The smallest absolute Gasteiger partial charge is 0.262 e. The Balaban J connectivity index is 1.72. The Morgan fingerprint density at radius 2 is 1.83 bits per heavy atom. The maximum Gasteiger partial charge on any atom is 0.262 e. The average Bonchev–Trinajstić information content (AvgIpc) is 2.79. The van der Waals surface area contributed by atoms with E-state index in [4.69, 9.17) is 4.74 Å². The fourth-order valence-corrected chi connectivity index (χ4v) is 3.54. The second-order valence-corrected chi connectivity index (χ2v) is 6.95. The summed E-state index contributed by atoms with van der Waals surface area (Å²) in [5.74, 6) is 1.28. The fourth-order valence-electron chi connectivity index (χ4n) is 3.54. The highest BCUT2D eigenvalue weighted by Crippen LogP contribution is 2.22. The number of hydrogen-bond donors (Lipinski definition) is 1. The van der Waals surface area contributed by atoms with Gasteiger partial charge in [-0.25, -0.2) is 10.4 Å². The van der Waals surface area contributed by atoms with Crippen molar-refractivity contribution in [3.05, 3.63) is 76.6 Å². The first-order chi connectivity index (χ1) is 14.6. The van der Waals surface area contributed by atoms with Crippen molar-refractivity contribution >= 4 is 33.3 Å². The number of para-hydroxylation sites is 1. The van der Waals surface area contributed by atoms with Gasteiger partial charge in [-0.15, -0.1) is 0 Å². The molecular formula is C24H24N4O2. The highest BCUT2D eigenvalue weighted by atomic mass is 16.5. The third kappa shape index (κ3) is 3.64. The SMILES string of the molecule is CC/C(=N/Nc1nc2ccccc2c(=O)n1CC)c1ccc2cc(OC)ccc2c1. The number of benzene rings is 3. The normalized spacial score (nSPS) is 11.8. The molecule has 0 aliphatic rings. The zero-order valence-corrected chi connectivity index (χ0v) is 17.3. The molecule has 0 amide bonds. The molecule has 0 aliphatic heterocycles. The zero-order chi connectivity index (χ0) is 21.1. The topological polar surface area (TPSA) is 68.5 Å². The van der Waals surface area contributed by atoms with Gasteiger partial charge in [0, 0.05) is 6.54 Å². The van der Waals surface area contributed by atoms with Crippen LogP contribution in [0, 0.1) is 0 Å². The summed E-state index contributed by atoms with van der Waals surface area (Å²) >= 11 is 0. The maximum atomic E-state index is 12.8. The van der Waals surface area contributed by atoms with Crippen molar-refractivity contribution in [2.75, 3.05) is 12.5 Å². The molecule has 0 radical (unpaired) electrons. The average molecular weight is 400 g/mol. The first-order valence-electron chi connectivity index (χ1n) is 10.0. The fraction of sp³-hybridized carbons (Fsp3) is 0.208. The molecule has 4 rings (SSSR count). The van der Waals surface area contributed by atoms with Crippen LogP contribution in [-0.4, -0.2) is 22.4 Å². The van der Waals surface area contributed by atoms with Crippen molar-refractivity contribution in [3.63, 3.8) is 0 Å². The van der Waals surface area contributed by atoms with Crippen molar-refractivity contribution in [1.82, 2.24) is 9.55 Å². The minimum Gasteiger partial charge on any atom is -0.497 e. The van der Waals surface area contributed by atoms with E-state index in [1.54, 1.807) is 17.7 Å². The van der Waals surface area contributed by atoms with Crippen molar-refractivity contribution in [2.45, 2.75) is 26.8 Å². The molecule has 1 heterocycles. The Morgan fingerprint density at radius 3 is 2.60 bits per heavy atom. The Labute approximate surface area is 174 Å². The predicted octanol–water partition coefficient (Wildman–Crippen LogP) is 4.80. The Kier molecular flexibility index (Phi) is 5.48. The zero-order valence-electron chi connectivity index (χ0n) is 17.3. The number of anilines is 1. The highest BCUT2D eigenvalue weighted by Gasteiger charge is 2.10. The predicted molar refractivity (Wildman–Crippen MR) is 123 cm³/mol. The van der Waals surface area contributed by atoms with Crippen LogP contribution in [0.4, 0.5) is 5.95 Å². The van der Waals surface area contributed by atoms with Gasteiger partial charge in [0.05, 0.1) is 23.7 Å². The van der Waals surface area contributed by atoms with Gasteiger partial charge >= 0.3 is 0 Å². The van der Waals surface area contributed by atoms with Gasteiger partial charge in [-0.2, -0.15) is 5.10 Å². The van der Waals surface area contributed by atoms with Gasteiger partial charge in [-0.1, -0.05) is 37.3 Å². The molecule has 0 atom stereocenters. The number of fused-ring (bicyclic) bond motifs is 2. The lowest BCUT2D eigenvalue weighted by atomic mass is 10.0. The number of rotatable bonds is 6. The van der Waals surface area contributed by atoms with Crippen molar-refractivity contribution in [3.8, 4) is 5.75 Å². The van der Waals surface area contributed by atoms with Gasteiger partial charge in [-0.3, -0.25) is 9.36 Å². The number of methoxy groups -OCH3 is 1. The van der Waals surface area contributed by atoms with Crippen LogP contribution < -0.4 is 15.7 Å². The van der Waals surface area contributed by atoms with Crippen molar-refractivity contribution in [1.29, 1.82) is 0 Å². The van der Waals surface area contributed by atoms with E-state index in [2.05, 4.69) is 34.6 Å². The third-order valence-electron chi connectivity index (χ3n) is 5.18. The summed E-state index contributed by atoms with van der Waals surface area (Å²) in [7, 11) is 1.67. The number of ether oxygens (including phenoxy) is 1. The van der Waals surface area contributed by atoms with Crippen LogP contribution in [0.5, 0.6) is 5.75 Å². The van der Waals surface area contributed by atoms with E-state index in [9.17, 15) is 4.79 Å². The van der Waals surface area contributed by atoms with E-state index < -0.39 is 0 Å². The van der Waals surface area contributed by atoms with E-state index in [1.165, 1.54) is 0 Å².